The average Bonchev–Trinajstić information content (AvgIpc) is 2.29. The highest BCUT2D eigenvalue weighted by atomic mass is 16.2. The summed E-state index contributed by atoms with van der Waals surface area (Å²) in [5.41, 5.74) is 0. The molecule has 1 unspecified atom stereocenters. The van der Waals surface area contributed by atoms with E-state index in [2.05, 4.69) is 16.0 Å². The lowest BCUT2D eigenvalue weighted by atomic mass is 10.1. The maximum absolute atomic E-state index is 11.6. The Labute approximate surface area is 95.8 Å². The van der Waals surface area contributed by atoms with Crippen molar-refractivity contribution in [1.82, 2.24) is 20.9 Å². The molecule has 6 nitrogen and oxygen atoms in total. The topological polar surface area (TPSA) is 73.5 Å². The third-order valence-electron chi connectivity index (χ3n) is 2.62. The monoisotopic (exact) mass is 228 g/mol. The summed E-state index contributed by atoms with van der Waals surface area (Å²) in [7, 11) is 1.61. The Morgan fingerprint density at radius 2 is 2.25 bits per heavy atom. The van der Waals surface area contributed by atoms with Crippen LogP contribution in [0.4, 0.5) is 0 Å². The van der Waals surface area contributed by atoms with E-state index in [0.717, 1.165) is 13.1 Å². The first kappa shape index (κ1) is 12.9. The van der Waals surface area contributed by atoms with Gasteiger partial charge in [0.05, 0.1) is 6.54 Å². The zero-order valence-corrected chi connectivity index (χ0v) is 9.88. The van der Waals surface area contributed by atoms with Crippen molar-refractivity contribution < 1.29 is 9.59 Å². The standard InChI is InChI=1S/C10H20N4O2/c1-3-13-9(15)7-14-5-4-12-6-8(14)10(16)11-2/h8,12H,3-7H2,1-2H3,(H,11,16)(H,13,15). The van der Waals surface area contributed by atoms with Crippen molar-refractivity contribution in [3.8, 4) is 0 Å². The highest BCUT2D eigenvalue weighted by Crippen LogP contribution is 2.02. The zero-order valence-electron chi connectivity index (χ0n) is 9.88. The van der Waals surface area contributed by atoms with Crippen molar-refractivity contribution in [2.45, 2.75) is 13.0 Å². The minimum absolute atomic E-state index is 0.0293. The number of piperazine rings is 1. The molecule has 16 heavy (non-hydrogen) atoms. The van der Waals surface area contributed by atoms with Gasteiger partial charge in [-0.25, -0.2) is 0 Å². The van der Waals surface area contributed by atoms with Gasteiger partial charge < -0.3 is 16.0 Å². The summed E-state index contributed by atoms with van der Waals surface area (Å²) >= 11 is 0. The fraction of sp³-hybridized carbons (Fsp3) is 0.800. The molecule has 1 heterocycles. The minimum atomic E-state index is -0.249. The van der Waals surface area contributed by atoms with E-state index in [4.69, 9.17) is 0 Å². The molecule has 0 aromatic heterocycles. The van der Waals surface area contributed by atoms with E-state index >= 15 is 0 Å². The lowest BCUT2D eigenvalue weighted by Gasteiger charge is -2.34. The van der Waals surface area contributed by atoms with Crippen LogP contribution in [0, 0.1) is 0 Å². The quantitative estimate of drug-likeness (QED) is 0.528. The van der Waals surface area contributed by atoms with Gasteiger partial charge in [0.15, 0.2) is 0 Å². The van der Waals surface area contributed by atoms with Gasteiger partial charge in [-0.05, 0) is 6.92 Å². The molecule has 0 spiro atoms. The van der Waals surface area contributed by atoms with Gasteiger partial charge in [-0.2, -0.15) is 0 Å². The first-order valence-electron chi connectivity index (χ1n) is 5.62. The second kappa shape index (κ2) is 6.44. The normalized spacial score (nSPS) is 21.5. The molecule has 2 amide bonds. The molecular weight excluding hydrogens is 208 g/mol. The molecule has 1 aliphatic rings. The summed E-state index contributed by atoms with van der Waals surface area (Å²) in [4.78, 5) is 25.0. The maximum atomic E-state index is 11.6. The fourth-order valence-corrected chi connectivity index (χ4v) is 1.80. The van der Waals surface area contributed by atoms with E-state index in [-0.39, 0.29) is 24.4 Å². The smallest absolute Gasteiger partial charge is 0.238 e. The fourth-order valence-electron chi connectivity index (χ4n) is 1.80. The number of rotatable bonds is 4. The Balaban J connectivity index is 2.53. The van der Waals surface area contributed by atoms with E-state index in [1.54, 1.807) is 7.05 Å². The van der Waals surface area contributed by atoms with Crippen molar-refractivity contribution in [2.24, 2.45) is 0 Å². The van der Waals surface area contributed by atoms with Gasteiger partial charge in [-0.1, -0.05) is 0 Å². The van der Waals surface area contributed by atoms with Crippen LogP contribution in [-0.2, 0) is 9.59 Å². The Morgan fingerprint density at radius 1 is 1.50 bits per heavy atom. The van der Waals surface area contributed by atoms with Crippen LogP contribution in [0.15, 0.2) is 0 Å². The SMILES string of the molecule is CCNC(=O)CN1CCNCC1C(=O)NC. The molecule has 1 aliphatic heterocycles. The molecule has 0 aromatic rings. The molecule has 0 bridgehead atoms. The predicted octanol–water partition coefficient (Wildman–Crippen LogP) is -1.86. The molecule has 1 rings (SSSR count). The number of likely N-dealkylation sites (N-methyl/N-ethyl adjacent to an activating group) is 2. The van der Waals surface area contributed by atoms with Crippen molar-refractivity contribution >= 4 is 11.8 Å². The molecule has 0 aliphatic carbocycles. The van der Waals surface area contributed by atoms with Crippen LogP contribution in [0.2, 0.25) is 0 Å². The van der Waals surface area contributed by atoms with Crippen LogP contribution in [0.1, 0.15) is 6.92 Å². The lowest BCUT2D eigenvalue weighted by molar-refractivity contribution is -0.129. The number of carbonyl (C=O) groups excluding carboxylic acids is 2. The molecule has 6 heteroatoms. The number of hydrogen-bond acceptors (Lipinski definition) is 4. The van der Waals surface area contributed by atoms with Gasteiger partial charge in [-0.15, -0.1) is 0 Å². The Kier molecular flexibility index (Phi) is 5.21. The van der Waals surface area contributed by atoms with Gasteiger partial charge in [0.2, 0.25) is 11.8 Å². The third kappa shape index (κ3) is 3.46. The Hall–Kier alpha value is -1.14. The van der Waals surface area contributed by atoms with E-state index < -0.39 is 0 Å². The molecule has 92 valence electrons. The molecule has 0 aromatic carbocycles. The molecule has 1 fully saturated rings. The van der Waals surface area contributed by atoms with Crippen molar-refractivity contribution in [3.63, 3.8) is 0 Å². The average molecular weight is 228 g/mol. The Bertz CT molecular complexity index is 257. The van der Waals surface area contributed by atoms with E-state index in [1.165, 1.54) is 0 Å². The summed E-state index contributed by atoms with van der Waals surface area (Å²) in [5, 5.41) is 8.51. The van der Waals surface area contributed by atoms with Crippen LogP contribution >= 0.6 is 0 Å². The van der Waals surface area contributed by atoms with Crippen molar-refractivity contribution in [3.05, 3.63) is 0 Å². The summed E-state index contributed by atoms with van der Waals surface area (Å²) in [6, 6.07) is -0.249. The molecule has 0 radical (unpaired) electrons. The molecule has 1 atom stereocenters. The number of amides is 2. The summed E-state index contributed by atoms with van der Waals surface area (Å²) in [5.74, 6) is -0.0743. The largest absolute Gasteiger partial charge is 0.358 e. The number of nitrogens with zero attached hydrogens (tertiary/aromatic N) is 1. The summed E-state index contributed by atoms with van der Waals surface area (Å²) in [6.07, 6.45) is 0. The predicted molar refractivity (Wildman–Crippen MR) is 61.0 cm³/mol. The summed E-state index contributed by atoms with van der Waals surface area (Å²) in [6.45, 7) is 4.91. The number of nitrogens with one attached hydrogen (secondary N) is 3. The van der Waals surface area contributed by atoms with E-state index in [1.807, 2.05) is 11.8 Å². The van der Waals surface area contributed by atoms with Gasteiger partial charge in [0.1, 0.15) is 6.04 Å². The van der Waals surface area contributed by atoms with Crippen LogP contribution in [-0.4, -0.2) is 62.5 Å². The first-order chi connectivity index (χ1) is 7.69. The zero-order chi connectivity index (χ0) is 12.0. The lowest BCUT2D eigenvalue weighted by Crippen LogP contribution is -2.59. The first-order valence-corrected chi connectivity index (χ1v) is 5.62. The maximum Gasteiger partial charge on any atom is 0.238 e. The summed E-state index contributed by atoms with van der Waals surface area (Å²) < 4.78 is 0. The number of carbonyl (C=O) groups is 2. The van der Waals surface area contributed by atoms with Gasteiger partial charge in [0, 0.05) is 33.2 Å². The minimum Gasteiger partial charge on any atom is -0.358 e. The van der Waals surface area contributed by atoms with E-state index in [0.29, 0.717) is 13.1 Å². The molecule has 1 saturated heterocycles. The second-order valence-electron chi connectivity index (χ2n) is 3.76. The molecule has 3 N–H and O–H groups in total. The van der Waals surface area contributed by atoms with Crippen LogP contribution < -0.4 is 16.0 Å². The molecular formula is C10H20N4O2. The highest BCUT2D eigenvalue weighted by molar-refractivity contribution is 5.83. The van der Waals surface area contributed by atoms with E-state index in [9.17, 15) is 9.59 Å². The second-order valence-corrected chi connectivity index (χ2v) is 3.76. The highest BCUT2D eigenvalue weighted by Gasteiger charge is 2.28. The van der Waals surface area contributed by atoms with Gasteiger partial charge in [-0.3, -0.25) is 14.5 Å². The van der Waals surface area contributed by atoms with Gasteiger partial charge >= 0.3 is 0 Å². The number of hydrogen-bond donors (Lipinski definition) is 3. The van der Waals surface area contributed by atoms with Crippen LogP contribution in [0.3, 0.4) is 0 Å². The van der Waals surface area contributed by atoms with Crippen LogP contribution in [0.25, 0.3) is 0 Å². The van der Waals surface area contributed by atoms with Gasteiger partial charge in [0.25, 0.3) is 0 Å². The van der Waals surface area contributed by atoms with Crippen molar-refractivity contribution in [1.29, 1.82) is 0 Å². The molecule has 0 saturated carbocycles. The van der Waals surface area contributed by atoms with Crippen LogP contribution in [0.5, 0.6) is 0 Å². The van der Waals surface area contributed by atoms with Crippen molar-refractivity contribution in [2.75, 3.05) is 39.8 Å². The third-order valence-corrected chi connectivity index (χ3v) is 2.62. The Morgan fingerprint density at radius 3 is 2.88 bits per heavy atom.